The molecular formula is C9H17NO. The fourth-order valence-electron chi connectivity index (χ4n) is 1.28. The molecule has 0 aromatic carbocycles. The second-order valence-electron chi connectivity index (χ2n) is 2.92. The summed E-state index contributed by atoms with van der Waals surface area (Å²) < 4.78 is 5.59. The van der Waals surface area contributed by atoms with Gasteiger partial charge in [0, 0.05) is 6.54 Å². The maximum Gasteiger partial charge on any atom is 0.0700 e. The molecule has 1 fully saturated rings. The van der Waals surface area contributed by atoms with Crippen molar-refractivity contribution in [3.8, 4) is 0 Å². The lowest BCUT2D eigenvalue weighted by Crippen LogP contribution is -2.35. The first-order valence-electron chi connectivity index (χ1n) is 4.36. The number of nitrogens with one attached hydrogen (secondary N) is 1. The smallest absolute Gasteiger partial charge is 0.0700 e. The molecule has 0 aliphatic carbocycles. The SMILES string of the molecule is C=CCCO[C@H]1CCCNC1. The van der Waals surface area contributed by atoms with Gasteiger partial charge in [0.05, 0.1) is 12.7 Å². The zero-order valence-corrected chi connectivity index (χ0v) is 7.01. The maximum atomic E-state index is 5.59. The van der Waals surface area contributed by atoms with Gasteiger partial charge in [-0.1, -0.05) is 6.08 Å². The average Bonchev–Trinajstić information content (AvgIpc) is 2.07. The summed E-state index contributed by atoms with van der Waals surface area (Å²) in [5, 5.41) is 3.31. The minimum atomic E-state index is 0.448. The molecule has 0 radical (unpaired) electrons. The summed E-state index contributed by atoms with van der Waals surface area (Å²) in [5.41, 5.74) is 0. The predicted molar refractivity (Wildman–Crippen MR) is 46.7 cm³/mol. The molecule has 1 saturated heterocycles. The van der Waals surface area contributed by atoms with Gasteiger partial charge in [0.2, 0.25) is 0 Å². The molecule has 2 heteroatoms. The van der Waals surface area contributed by atoms with Crippen molar-refractivity contribution in [3.05, 3.63) is 12.7 Å². The molecule has 1 N–H and O–H groups in total. The normalized spacial score (nSPS) is 24.9. The molecular weight excluding hydrogens is 138 g/mol. The van der Waals surface area contributed by atoms with E-state index in [1.165, 1.54) is 12.8 Å². The Morgan fingerprint density at radius 3 is 3.18 bits per heavy atom. The lowest BCUT2D eigenvalue weighted by Gasteiger charge is -2.22. The van der Waals surface area contributed by atoms with Gasteiger partial charge in [-0.2, -0.15) is 0 Å². The van der Waals surface area contributed by atoms with E-state index in [1.807, 2.05) is 6.08 Å². The van der Waals surface area contributed by atoms with Gasteiger partial charge < -0.3 is 10.1 Å². The molecule has 0 aromatic heterocycles. The minimum Gasteiger partial charge on any atom is -0.377 e. The number of ether oxygens (including phenoxy) is 1. The summed E-state index contributed by atoms with van der Waals surface area (Å²) in [6.07, 6.45) is 5.78. The van der Waals surface area contributed by atoms with Crippen molar-refractivity contribution in [2.75, 3.05) is 19.7 Å². The molecule has 0 aromatic rings. The molecule has 0 amide bonds. The summed E-state index contributed by atoms with van der Waals surface area (Å²) >= 11 is 0. The molecule has 1 atom stereocenters. The van der Waals surface area contributed by atoms with Crippen LogP contribution in [0.15, 0.2) is 12.7 Å². The third-order valence-electron chi connectivity index (χ3n) is 1.93. The lowest BCUT2D eigenvalue weighted by molar-refractivity contribution is 0.0400. The van der Waals surface area contributed by atoms with Crippen molar-refractivity contribution in [2.45, 2.75) is 25.4 Å². The molecule has 1 heterocycles. The number of hydrogen-bond acceptors (Lipinski definition) is 2. The standard InChI is InChI=1S/C9H17NO/c1-2-3-7-11-9-5-4-6-10-8-9/h2,9-10H,1,3-8H2/t9-/m0/s1. The van der Waals surface area contributed by atoms with Crippen LogP contribution in [0.3, 0.4) is 0 Å². The highest BCUT2D eigenvalue weighted by Gasteiger charge is 2.11. The van der Waals surface area contributed by atoms with Crippen LogP contribution in [0, 0.1) is 0 Å². The van der Waals surface area contributed by atoms with Crippen molar-refractivity contribution >= 4 is 0 Å². The molecule has 0 saturated carbocycles. The van der Waals surface area contributed by atoms with E-state index >= 15 is 0 Å². The van der Waals surface area contributed by atoms with E-state index < -0.39 is 0 Å². The molecule has 64 valence electrons. The first-order chi connectivity index (χ1) is 5.43. The predicted octanol–water partition coefficient (Wildman–Crippen LogP) is 1.33. The van der Waals surface area contributed by atoms with Crippen LogP contribution in [0.4, 0.5) is 0 Å². The van der Waals surface area contributed by atoms with Gasteiger partial charge in [0.1, 0.15) is 0 Å². The highest BCUT2D eigenvalue weighted by molar-refractivity contribution is 4.70. The summed E-state index contributed by atoms with van der Waals surface area (Å²) in [5.74, 6) is 0. The molecule has 0 bridgehead atoms. The third kappa shape index (κ3) is 3.54. The zero-order chi connectivity index (χ0) is 7.94. The largest absolute Gasteiger partial charge is 0.377 e. The maximum absolute atomic E-state index is 5.59. The van der Waals surface area contributed by atoms with Crippen molar-refractivity contribution in [1.82, 2.24) is 5.32 Å². The van der Waals surface area contributed by atoms with Crippen LogP contribution in [0.1, 0.15) is 19.3 Å². The van der Waals surface area contributed by atoms with Crippen LogP contribution in [0.5, 0.6) is 0 Å². The molecule has 1 aliphatic rings. The highest BCUT2D eigenvalue weighted by Crippen LogP contribution is 2.05. The Morgan fingerprint density at radius 2 is 2.55 bits per heavy atom. The lowest BCUT2D eigenvalue weighted by atomic mass is 10.1. The van der Waals surface area contributed by atoms with Gasteiger partial charge >= 0.3 is 0 Å². The first kappa shape index (κ1) is 8.75. The summed E-state index contributed by atoms with van der Waals surface area (Å²) in [6.45, 7) is 6.66. The van der Waals surface area contributed by atoms with E-state index in [4.69, 9.17) is 4.74 Å². The average molecular weight is 155 g/mol. The van der Waals surface area contributed by atoms with E-state index in [0.717, 1.165) is 26.1 Å². The van der Waals surface area contributed by atoms with Gasteiger partial charge in [0.15, 0.2) is 0 Å². The van der Waals surface area contributed by atoms with Gasteiger partial charge in [-0.15, -0.1) is 6.58 Å². The Labute approximate surface area is 68.6 Å². The quantitative estimate of drug-likeness (QED) is 0.488. The molecule has 2 nitrogen and oxygen atoms in total. The van der Waals surface area contributed by atoms with Gasteiger partial charge in [-0.25, -0.2) is 0 Å². The van der Waals surface area contributed by atoms with Crippen LogP contribution < -0.4 is 5.32 Å². The fourth-order valence-corrected chi connectivity index (χ4v) is 1.28. The number of piperidine rings is 1. The number of rotatable bonds is 4. The summed E-state index contributed by atoms with van der Waals surface area (Å²) in [6, 6.07) is 0. The molecule has 0 spiro atoms. The third-order valence-corrected chi connectivity index (χ3v) is 1.93. The van der Waals surface area contributed by atoms with Crippen molar-refractivity contribution in [2.24, 2.45) is 0 Å². The van der Waals surface area contributed by atoms with Crippen LogP contribution in [-0.4, -0.2) is 25.8 Å². The topological polar surface area (TPSA) is 21.3 Å². The Balaban J connectivity index is 2.00. The van der Waals surface area contributed by atoms with E-state index in [1.54, 1.807) is 0 Å². The van der Waals surface area contributed by atoms with Crippen LogP contribution in [-0.2, 0) is 4.74 Å². The molecule has 11 heavy (non-hydrogen) atoms. The van der Waals surface area contributed by atoms with Gasteiger partial charge in [-0.05, 0) is 25.8 Å². The minimum absolute atomic E-state index is 0.448. The second kappa shape index (κ2) is 5.33. The second-order valence-corrected chi connectivity index (χ2v) is 2.92. The van der Waals surface area contributed by atoms with Crippen LogP contribution >= 0.6 is 0 Å². The highest BCUT2D eigenvalue weighted by atomic mass is 16.5. The van der Waals surface area contributed by atoms with Gasteiger partial charge in [0.25, 0.3) is 0 Å². The van der Waals surface area contributed by atoms with Crippen molar-refractivity contribution < 1.29 is 4.74 Å². The molecule has 0 unspecified atom stereocenters. The Morgan fingerprint density at radius 1 is 1.64 bits per heavy atom. The van der Waals surface area contributed by atoms with Crippen molar-refractivity contribution in [1.29, 1.82) is 0 Å². The van der Waals surface area contributed by atoms with Crippen LogP contribution in [0.2, 0.25) is 0 Å². The van der Waals surface area contributed by atoms with E-state index in [2.05, 4.69) is 11.9 Å². The molecule has 1 aliphatic heterocycles. The fraction of sp³-hybridized carbons (Fsp3) is 0.778. The number of hydrogen-bond donors (Lipinski definition) is 1. The van der Waals surface area contributed by atoms with Crippen molar-refractivity contribution in [3.63, 3.8) is 0 Å². The Kier molecular flexibility index (Phi) is 4.24. The monoisotopic (exact) mass is 155 g/mol. The Hall–Kier alpha value is -0.340. The van der Waals surface area contributed by atoms with E-state index in [9.17, 15) is 0 Å². The van der Waals surface area contributed by atoms with Gasteiger partial charge in [-0.3, -0.25) is 0 Å². The van der Waals surface area contributed by atoms with Crippen LogP contribution in [0.25, 0.3) is 0 Å². The Bertz CT molecular complexity index is 108. The van der Waals surface area contributed by atoms with E-state index in [0.29, 0.717) is 6.10 Å². The van der Waals surface area contributed by atoms with E-state index in [-0.39, 0.29) is 0 Å². The summed E-state index contributed by atoms with van der Waals surface area (Å²) in [4.78, 5) is 0. The molecule has 1 rings (SSSR count). The zero-order valence-electron chi connectivity index (χ0n) is 7.01. The summed E-state index contributed by atoms with van der Waals surface area (Å²) in [7, 11) is 0. The first-order valence-corrected chi connectivity index (χ1v) is 4.36.